The fraction of sp³-hybridized carbons (Fsp3) is 0.375. The molecule has 0 saturated heterocycles. The van der Waals surface area contributed by atoms with Crippen molar-refractivity contribution in [2.75, 3.05) is 0 Å². The Morgan fingerprint density at radius 2 is 2.04 bits per heavy atom. The van der Waals surface area contributed by atoms with Crippen molar-refractivity contribution in [3.63, 3.8) is 0 Å². The minimum atomic E-state index is -0.0453. The van der Waals surface area contributed by atoms with Crippen LogP contribution in [0.25, 0.3) is 11.5 Å². The average molecular weight is 329 g/mol. The largest absolute Gasteiger partial charge is 0.334 e. The Labute approximate surface area is 139 Å². The Kier molecular flexibility index (Phi) is 4.21. The van der Waals surface area contributed by atoms with E-state index < -0.39 is 0 Å². The highest BCUT2D eigenvalue weighted by Crippen LogP contribution is 2.24. The number of aromatic nitrogens is 5. The van der Waals surface area contributed by atoms with Crippen LogP contribution >= 0.6 is 11.8 Å². The molecule has 23 heavy (non-hydrogen) atoms. The molecule has 0 aliphatic heterocycles. The van der Waals surface area contributed by atoms with Crippen molar-refractivity contribution in [1.82, 2.24) is 25.3 Å². The molecule has 1 N–H and O–H groups in total. The quantitative estimate of drug-likeness (QED) is 0.734. The minimum Gasteiger partial charge on any atom is -0.334 e. The van der Waals surface area contributed by atoms with E-state index in [2.05, 4.69) is 46.1 Å². The molecule has 1 aromatic carbocycles. The fourth-order valence-electron chi connectivity index (χ4n) is 1.98. The fourth-order valence-corrected chi connectivity index (χ4v) is 2.62. The number of thioether (sulfide) groups is 1. The van der Waals surface area contributed by atoms with Crippen molar-refractivity contribution >= 4 is 11.8 Å². The lowest BCUT2D eigenvalue weighted by molar-refractivity contribution is 0.425. The van der Waals surface area contributed by atoms with Crippen LogP contribution in [0.5, 0.6) is 0 Å². The molecule has 3 rings (SSSR count). The van der Waals surface area contributed by atoms with Crippen LogP contribution in [0, 0.1) is 6.92 Å². The third-order valence-corrected chi connectivity index (χ3v) is 4.08. The molecule has 0 spiro atoms. The van der Waals surface area contributed by atoms with Gasteiger partial charge < -0.3 is 4.52 Å². The zero-order valence-corrected chi connectivity index (χ0v) is 14.4. The second kappa shape index (κ2) is 6.16. The van der Waals surface area contributed by atoms with Crippen LogP contribution in [0.3, 0.4) is 0 Å². The van der Waals surface area contributed by atoms with Crippen LogP contribution in [0.1, 0.15) is 38.0 Å². The highest BCUT2D eigenvalue weighted by Gasteiger charge is 2.19. The summed E-state index contributed by atoms with van der Waals surface area (Å²) in [7, 11) is 0. The molecular weight excluding hydrogens is 310 g/mol. The molecule has 2 heterocycles. The van der Waals surface area contributed by atoms with Crippen molar-refractivity contribution in [3.8, 4) is 11.5 Å². The number of hydrogen-bond donors (Lipinski definition) is 1. The highest BCUT2D eigenvalue weighted by atomic mass is 32.2. The van der Waals surface area contributed by atoms with Crippen molar-refractivity contribution < 1.29 is 4.52 Å². The minimum absolute atomic E-state index is 0.0453. The Morgan fingerprint density at radius 3 is 2.74 bits per heavy atom. The molecule has 0 fully saturated rings. The smallest absolute Gasteiger partial charge is 0.257 e. The van der Waals surface area contributed by atoms with E-state index in [1.165, 1.54) is 11.8 Å². The Hall–Kier alpha value is -2.15. The van der Waals surface area contributed by atoms with E-state index in [0.29, 0.717) is 22.6 Å². The number of aromatic amines is 1. The van der Waals surface area contributed by atoms with Gasteiger partial charge in [-0.05, 0) is 19.1 Å². The van der Waals surface area contributed by atoms with Crippen LogP contribution in [-0.2, 0) is 11.2 Å². The van der Waals surface area contributed by atoms with Gasteiger partial charge in [-0.15, -0.1) is 5.10 Å². The molecule has 0 aliphatic carbocycles. The number of nitrogens with one attached hydrogen (secondary N) is 1. The maximum Gasteiger partial charge on any atom is 0.257 e. The number of rotatable bonds is 4. The summed E-state index contributed by atoms with van der Waals surface area (Å²) in [5.41, 5.74) is 2.05. The van der Waals surface area contributed by atoms with Crippen LogP contribution in [0.15, 0.2) is 33.9 Å². The number of H-pyrrole nitrogens is 1. The SMILES string of the molecule is Cc1cccc(-c2nc(CSc3n[nH]c(C(C)(C)C)n3)no2)c1. The van der Waals surface area contributed by atoms with Gasteiger partial charge >= 0.3 is 0 Å². The molecule has 2 aromatic heterocycles. The predicted octanol–water partition coefficient (Wildman–Crippen LogP) is 3.75. The molecule has 0 unspecified atom stereocenters. The first kappa shape index (κ1) is 15.7. The zero-order valence-electron chi connectivity index (χ0n) is 13.6. The van der Waals surface area contributed by atoms with Crippen molar-refractivity contribution in [3.05, 3.63) is 41.5 Å². The van der Waals surface area contributed by atoms with Gasteiger partial charge in [0.05, 0.1) is 5.75 Å². The summed E-state index contributed by atoms with van der Waals surface area (Å²) < 4.78 is 5.33. The Bertz CT molecular complexity index is 803. The summed E-state index contributed by atoms with van der Waals surface area (Å²) in [4.78, 5) is 8.91. The maximum absolute atomic E-state index is 5.33. The van der Waals surface area contributed by atoms with E-state index in [9.17, 15) is 0 Å². The second-order valence-corrected chi connectivity index (χ2v) is 7.33. The summed E-state index contributed by atoms with van der Waals surface area (Å²) in [6.07, 6.45) is 0. The van der Waals surface area contributed by atoms with Gasteiger partial charge in [-0.25, -0.2) is 4.98 Å². The van der Waals surface area contributed by atoms with Gasteiger partial charge in [0.1, 0.15) is 5.82 Å². The molecule has 0 amide bonds. The highest BCUT2D eigenvalue weighted by molar-refractivity contribution is 7.98. The number of nitrogens with zero attached hydrogens (tertiary/aromatic N) is 4. The van der Waals surface area contributed by atoms with Gasteiger partial charge in [0.25, 0.3) is 5.89 Å². The maximum atomic E-state index is 5.33. The van der Waals surface area contributed by atoms with E-state index in [-0.39, 0.29) is 5.41 Å². The number of benzene rings is 1. The molecule has 3 aromatic rings. The van der Waals surface area contributed by atoms with Gasteiger partial charge in [-0.2, -0.15) is 4.98 Å². The summed E-state index contributed by atoms with van der Waals surface area (Å²) in [6, 6.07) is 8.00. The van der Waals surface area contributed by atoms with E-state index >= 15 is 0 Å². The third-order valence-electron chi connectivity index (χ3n) is 3.24. The Morgan fingerprint density at radius 1 is 1.22 bits per heavy atom. The third kappa shape index (κ3) is 3.79. The van der Waals surface area contributed by atoms with Gasteiger partial charge in [0.15, 0.2) is 5.82 Å². The van der Waals surface area contributed by atoms with Gasteiger partial charge in [-0.1, -0.05) is 55.4 Å². The number of aryl methyl sites for hydroxylation is 1. The van der Waals surface area contributed by atoms with Crippen molar-refractivity contribution in [2.45, 2.75) is 44.0 Å². The summed E-state index contributed by atoms with van der Waals surface area (Å²) in [6.45, 7) is 8.31. The van der Waals surface area contributed by atoms with Crippen LogP contribution in [0.4, 0.5) is 0 Å². The topological polar surface area (TPSA) is 80.5 Å². The van der Waals surface area contributed by atoms with Crippen LogP contribution < -0.4 is 0 Å². The van der Waals surface area contributed by atoms with Gasteiger partial charge in [0.2, 0.25) is 5.16 Å². The van der Waals surface area contributed by atoms with E-state index in [4.69, 9.17) is 4.52 Å². The second-order valence-electron chi connectivity index (χ2n) is 6.39. The van der Waals surface area contributed by atoms with Crippen LogP contribution in [0.2, 0.25) is 0 Å². The standard InChI is InChI=1S/C16H19N5OS/c1-10-6-5-7-11(8-10)13-17-12(21-22-13)9-23-15-18-14(19-20-15)16(2,3)4/h5-8H,9H2,1-4H3,(H,18,19,20). The summed E-state index contributed by atoms with van der Waals surface area (Å²) in [5.74, 6) is 2.60. The first-order valence-corrected chi connectivity index (χ1v) is 8.36. The molecule has 0 saturated carbocycles. The Balaban J connectivity index is 1.67. The first-order chi connectivity index (χ1) is 10.9. The number of hydrogen-bond acceptors (Lipinski definition) is 6. The predicted molar refractivity (Wildman–Crippen MR) is 89.1 cm³/mol. The molecule has 120 valence electrons. The molecule has 0 atom stereocenters. The van der Waals surface area contributed by atoms with Gasteiger partial charge in [0, 0.05) is 11.0 Å². The lowest BCUT2D eigenvalue weighted by Gasteiger charge is -2.12. The summed E-state index contributed by atoms with van der Waals surface area (Å²) in [5, 5.41) is 11.9. The molecular formula is C16H19N5OS. The van der Waals surface area contributed by atoms with Crippen LogP contribution in [-0.4, -0.2) is 25.3 Å². The lowest BCUT2D eigenvalue weighted by atomic mass is 9.96. The molecule has 0 radical (unpaired) electrons. The van der Waals surface area contributed by atoms with Gasteiger partial charge in [-0.3, -0.25) is 5.10 Å². The molecule has 6 nitrogen and oxygen atoms in total. The molecule has 7 heteroatoms. The van der Waals surface area contributed by atoms with E-state index in [1.54, 1.807) is 0 Å². The average Bonchev–Trinajstić information content (AvgIpc) is 3.14. The molecule has 0 aliphatic rings. The zero-order chi connectivity index (χ0) is 16.4. The lowest BCUT2D eigenvalue weighted by Crippen LogP contribution is -2.13. The first-order valence-electron chi connectivity index (χ1n) is 7.37. The van der Waals surface area contributed by atoms with E-state index in [0.717, 1.165) is 17.0 Å². The van der Waals surface area contributed by atoms with Crippen molar-refractivity contribution in [1.29, 1.82) is 0 Å². The monoisotopic (exact) mass is 329 g/mol. The van der Waals surface area contributed by atoms with Crippen molar-refractivity contribution in [2.24, 2.45) is 0 Å². The normalized spacial score (nSPS) is 11.8. The summed E-state index contributed by atoms with van der Waals surface area (Å²) >= 11 is 1.48. The molecule has 0 bridgehead atoms. The van der Waals surface area contributed by atoms with E-state index in [1.807, 2.05) is 31.2 Å².